The second-order valence-electron chi connectivity index (χ2n) is 6.32. The molecule has 11 heteroatoms. The highest BCUT2D eigenvalue weighted by Gasteiger charge is 2.33. The highest BCUT2D eigenvalue weighted by Crippen LogP contribution is 2.34. The lowest BCUT2D eigenvalue weighted by Gasteiger charge is -2.11. The number of benzene rings is 2. The van der Waals surface area contributed by atoms with E-state index in [1.165, 1.54) is 36.7 Å². The molecule has 0 fully saturated rings. The van der Waals surface area contributed by atoms with Gasteiger partial charge < -0.3 is 5.32 Å². The molecular formula is C21H13Cl2F3N4O2. The first-order valence-corrected chi connectivity index (χ1v) is 9.62. The smallest absolute Gasteiger partial charge is 0.321 e. The Morgan fingerprint density at radius 3 is 2.50 bits per heavy atom. The van der Waals surface area contributed by atoms with Gasteiger partial charge in [0.2, 0.25) is 0 Å². The number of hydrogen-bond donors (Lipinski definition) is 2. The van der Waals surface area contributed by atoms with E-state index in [0.717, 1.165) is 18.3 Å². The van der Waals surface area contributed by atoms with E-state index in [0.29, 0.717) is 0 Å². The van der Waals surface area contributed by atoms with Crippen LogP contribution in [0.15, 0.2) is 66.0 Å². The summed E-state index contributed by atoms with van der Waals surface area (Å²) in [5.74, 6) is -1.24. The van der Waals surface area contributed by atoms with Crippen molar-refractivity contribution in [2.24, 2.45) is 5.10 Å². The number of rotatable bonds is 5. The number of hydrazone groups is 1. The van der Waals surface area contributed by atoms with Crippen molar-refractivity contribution < 1.29 is 22.8 Å². The minimum Gasteiger partial charge on any atom is -0.321 e. The quantitative estimate of drug-likeness (QED) is 0.377. The second-order valence-corrected chi connectivity index (χ2v) is 7.17. The number of nitrogens with one attached hydrogen (secondary N) is 2. The first-order chi connectivity index (χ1) is 15.1. The summed E-state index contributed by atoms with van der Waals surface area (Å²) in [5, 5.41) is 6.04. The van der Waals surface area contributed by atoms with E-state index >= 15 is 0 Å². The van der Waals surface area contributed by atoms with Crippen molar-refractivity contribution in [3.05, 3.63) is 93.2 Å². The number of nitrogens with zero attached hydrogens (tertiary/aromatic N) is 2. The maximum absolute atomic E-state index is 13.0. The third-order valence-corrected chi connectivity index (χ3v) is 4.64. The molecule has 1 heterocycles. The van der Waals surface area contributed by atoms with E-state index in [1.54, 1.807) is 12.1 Å². The molecule has 0 atom stereocenters. The summed E-state index contributed by atoms with van der Waals surface area (Å²) in [6, 6.07) is 10.6. The lowest BCUT2D eigenvalue weighted by Crippen LogP contribution is -2.21. The summed E-state index contributed by atoms with van der Waals surface area (Å²) in [5.41, 5.74) is 1.67. The van der Waals surface area contributed by atoms with Gasteiger partial charge in [0.05, 0.1) is 33.6 Å². The van der Waals surface area contributed by atoms with Gasteiger partial charge in [-0.25, -0.2) is 5.43 Å². The number of anilines is 1. The number of amides is 2. The molecule has 0 aliphatic heterocycles. The number of pyridine rings is 1. The van der Waals surface area contributed by atoms with E-state index in [9.17, 15) is 22.8 Å². The summed E-state index contributed by atoms with van der Waals surface area (Å²) >= 11 is 11.5. The third-order valence-electron chi connectivity index (χ3n) is 4.07. The molecule has 32 heavy (non-hydrogen) atoms. The summed E-state index contributed by atoms with van der Waals surface area (Å²) in [6.45, 7) is 0. The monoisotopic (exact) mass is 480 g/mol. The molecule has 0 saturated carbocycles. The lowest BCUT2D eigenvalue weighted by molar-refractivity contribution is -0.137. The molecule has 2 amide bonds. The Hall–Kier alpha value is -3.43. The van der Waals surface area contributed by atoms with Gasteiger partial charge in [-0.15, -0.1) is 0 Å². The van der Waals surface area contributed by atoms with Crippen LogP contribution in [0.3, 0.4) is 0 Å². The molecule has 1 aromatic heterocycles. The SMILES string of the molecule is O=C(Nc1ccc(Cl)cc1C(=O)N/N=C/c1ccc(Cl)c(C(F)(F)F)c1)c1cccnc1. The molecule has 0 aliphatic carbocycles. The average Bonchev–Trinajstić information content (AvgIpc) is 2.75. The number of carbonyl (C=O) groups is 2. The average molecular weight is 481 g/mol. The molecule has 2 N–H and O–H groups in total. The highest BCUT2D eigenvalue weighted by atomic mass is 35.5. The Labute approximate surface area is 190 Å². The minimum absolute atomic E-state index is 0.000947. The Balaban J connectivity index is 1.77. The van der Waals surface area contributed by atoms with E-state index in [4.69, 9.17) is 23.2 Å². The van der Waals surface area contributed by atoms with Crippen molar-refractivity contribution in [2.45, 2.75) is 6.18 Å². The summed E-state index contributed by atoms with van der Waals surface area (Å²) in [6.07, 6.45) is -0.737. The summed E-state index contributed by atoms with van der Waals surface area (Å²) in [4.78, 5) is 28.8. The second kappa shape index (κ2) is 9.80. The van der Waals surface area contributed by atoms with Gasteiger partial charge in [0.1, 0.15) is 0 Å². The van der Waals surface area contributed by atoms with Gasteiger partial charge in [0.15, 0.2) is 0 Å². The van der Waals surface area contributed by atoms with E-state index in [-0.39, 0.29) is 27.4 Å². The van der Waals surface area contributed by atoms with Crippen molar-refractivity contribution in [1.29, 1.82) is 0 Å². The normalized spacial score (nSPS) is 11.4. The van der Waals surface area contributed by atoms with E-state index in [1.807, 2.05) is 0 Å². The molecule has 0 saturated heterocycles. The number of carbonyl (C=O) groups excluding carboxylic acids is 2. The van der Waals surface area contributed by atoms with Crippen LogP contribution in [0.5, 0.6) is 0 Å². The van der Waals surface area contributed by atoms with Crippen LogP contribution in [0.4, 0.5) is 18.9 Å². The lowest BCUT2D eigenvalue weighted by atomic mass is 10.1. The van der Waals surface area contributed by atoms with Crippen molar-refractivity contribution in [3.63, 3.8) is 0 Å². The molecular weight excluding hydrogens is 468 g/mol. The molecule has 6 nitrogen and oxygen atoms in total. The van der Waals surface area contributed by atoms with Crippen molar-refractivity contribution in [2.75, 3.05) is 5.32 Å². The Bertz CT molecular complexity index is 1190. The van der Waals surface area contributed by atoms with Crippen molar-refractivity contribution in [1.82, 2.24) is 10.4 Å². The Morgan fingerprint density at radius 2 is 1.81 bits per heavy atom. The molecule has 0 aliphatic rings. The number of alkyl halides is 3. The number of halogens is 5. The number of hydrogen-bond acceptors (Lipinski definition) is 4. The van der Waals surface area contributed by atoms with Crippen LogP contribution >= 0.6 is 23.2 Å². The predicted octanol–water partition coefficient (Wildman–Crippen LogP) is 5.42. The topological polar surface area (TPSA) is 83.5 Å². The molecule has 0 bridgehead atoms. The van der Waals surface area contributed by atoms with Gasteiger partial charge in [0.25, 0.3) is 11.8 Å². The Kier molecular flexibility index (Phi) is 7.12. The zero-order valence-corrected chi connectivity index (χ0v) is 17.5. The van der Waals surface area contributed by atoms with Crippen LogP contribution < -0.4 is 10.7 Å². The molecule has 0 spiro atoms. The van der Waals surface area contributed by atoms with Crippen molar-refractivity contribution in [3.8, 4) is 0 Å². The van der Waals surface area contributed by atoms with E-state index < -0.39 is 28.6 Å². The van der Waals surface area contributed by atoms with Crippen LogP contribution in [-0.4, -0.2) is 23.0 Å². The van der Waals surface area contributed by atoms with Gasteiger partial charge in [-0.05, 0) is 48.0 Å². The van der Waals surface area contributed by atoms with Gasteiger partial charge in [-0.3, -0.25) is 14.6 Å². The molecule has 0 unspecified atom stereocenters. The fourth-order valence-corrected chi connectivity index (χ4v) is 2.97. The van der Waals surface area contributed by atoms with Gasteiger partial charge >= 0.3 is 6.18 Å². The number of aromatic nitrogens is 1. The van der Waals surface area contributed by atoms with Crippen LogP contribution in [0.1, 0.15) is 31.8 Å². The van der Waals surface area contributed by atoms with Gasteiger partial charge in [-0.1, -0.05) is 29.3 Å². The molecule has 3 aromatic rings. The summed E-state index contributed by atoms with van der Waals surface area (Å²) in [7, 11) is 0. The van der Waals surface area contributed by atoms with Crippen LogP contribution in [0, 0.1) is 0 Å². The molecule has 3 rings (SSSR count). The summed E-state index contributed by atoms with van der Waals surface area (Å²) < 4.78 is 38.9. The first kappa shape index (κ1) is 23.2. The van der Waals surface area contributed by atoms with Gasteiger partial charge in [-0.2, -0.15) is 18.3 Å². The minimum atomic E-state index is -4.63. The maximum Gasteiger partial charge on any atom is 0.417 e. The van der Waals surface area contributed by atoms with Crippen LogP contribution in [0.25, 0.3) is 0 Å². The van der Waals surface area contributed by atoms with Crippen LogP contribution in [0.2, 0.25) is 10.0 Å². The third kappa shape index (κ3) is 5.83. The van der Waals surface area contributed by atoms with Gasteiger partial charge in [0, 0.05) is 17.4 Å². The maximum atomic E-state index is 13.0. The first-order valence-electron chi connectivity index (χ1n) is 8.86. The van der Waals surface area contributed by atoms with Crippen molar-refractivity contribution >= 4 is 46.9 Å². The highest BCUT2D eigenvalue weighted by molar-refractivity contribution is 6.31. The largest absolute Gasteiger partial charge is 0.417 e. The molecule has 0 radical (unpaired) electrons. The Morgan fingerprint density at radius 1 is 1.03 bits per heavy atom. The fraction of sp³-hybridized carbons (Fsp3) is 0.0476. The zero-order chi connectivity index (χ0) is 23.3. The standard InChI is InChI=1S/C21H13Cl2F3N4O2/c22-14-4-6-18(29-19(31)13-2-1-7-27-11-13)15(9-14)20(32)30-28-10-12-3-5-17(23)16(8-12)21(24,25)26/h1-11H,(H,29,31)(H,30,32)/b28-10+. The molecule has 2 aromatic carbocycles. The van der Waals surface area contributed by atoms with E-state index in [2.05, 4.69) is 20.8 Å². The molecule has 164 valence electrons. The zero-order valence-electron chi connectivity index (χ0n) is 16.0. The fourth-order valence-electron chi connectivity index (χ4n) is 2.57. The predicted molar refractivity (Wildman–Crippen MR) is 115 cm³/mol. The van der Waals surface area contributed by atoms with Crippen LogP contribution in [-0.2, 0) is 6.18 Å².